The van der Waals surface area contributed by atoms with Gasteiger partial charge in [0.25, 0.3) is 0 Å². The Morgan fingerprint density at radius 3 is 2.34 bits per heavy atom. The molecule has 2 fully saturated rings. The van der Waals surface area contributed by atoms with E-state index in [1.165, 1.54) is 11.0 Å². The van der Waals surface area contributed by atoms with E-state index in [0.717, 1.165) is 18.6 Å². The molecule has 3 aliphatic rings. The number of allylic oxidation sites excluding steroid dienone is 2. The molecule has 1 aromatic carbocycles. The largest absolute Gasteiger partial charge is 0.355 e. The Labute approximate surface area is 184 Å². The molecule has 0 aromatic heterocycles. The van der Waals surface area contributed by atoms with E-state index >= 15 is 0 Å². The molecule has 0 spiro atoms. The van der Waals surface area contributed by atoms with Crippen molar-refractivity contribution in [2.24, 2.45) is 28.7 Å². The lowest BCUT2D eigenvalue weighted by atomic mass is 9.85. The Bertz CT molecular complexity index is 846. The number of imide groups is 1. The first-order chi connectivity index (χ1) is 13.5. The zero-order valence-electron chi connectivity index (χ0n) is 15.9. The predicted octanol–water partition coefficient (Wildman–Crippen LogP) is 2.05. The molecule has 4 unspecified atom stereocenters. The summed E-state index contributed by atoms with van der Waals surface area (Å²) in [5.41, 5.74) is 0.572. The van der Waals surface area contributed by atoms with Crippen LogP contribution in [0.1, 0.15) is 12.0 Å². The van der Waals surface area contributed by atoms with Gasteiger partial charge >= 0.3 is 0 Å². The van der Waals surface area contributed by atoms with Gasteiger partial charge in [-0.15, -0.1) is 24.0 Å². The van der Waals surface area contributed by atoms with Crippen molar-refractivity contribution in [3.8, 4) is 0 Å². The number of benzene rings is 1. The molecule has 29 heavy (non-hydrogen) atoms. The van der Waals surface area contributed by atoms with Crippen molar-refractivity contribution in [3.63, 3.8) is 0 Å². The van der Waals surface area contributed by atoms with Gasteiger partial charge < -0.3 is 10.6 Å². The van der Waals surface area contributed by atoms with E-state index in [-0.39, 0.29) is 72.6 Å². The van der Waals surface area contributed by atoms with Crippen molar-refractivity contribution in [1.82, 2.24) is 15.5 Å². The first-order valence-electron chi connectivity index (χ1n) is 9.41. The zero-order chi connectivity index (χ0) is 19.8. The first kappa shape index (κ1) is 21.7. The maximum atomic E-state index is 13.3. The molecule has 1 aromatic rings. The first-order valence-corrected chi connectivity index (χ1v) is 9.41. The van der Waals surface area contributed by atoms with E-state index in [9.17, 15) is 18.4 Å². The van der Waals surface area contributed by atoms with Crippen LogP contribution in [0.25, 0.3) is 0 Å². The number of fused-ring (bicyclic) bond motifs is 5. The van der Waals surface area contributed by atoms with Gasteiger partial charge in [-0.2, -0.15) is 0 Å². The SMILES string of the molecule is CN=C(NCCN1C(=O)C2C3C=CC(C3)C2C1=O)NCc1ccc(F)c(F)c1.I. The van der Waals surface area contributed by atoms with Gasteiger partial charge in [-0.3, -0.25) is 19.5 Å². The molecule has 4 rings (SSSR count). The molecule has 6 nitrogen and oxygen atoms in total. The fourth-order valence-corrected chi connectivity index (χ4v) is 4.53. The summed E-state index contributed by atoms with van der Waals surface area (Å²) in [5, 5.41) is 6.04. The Morgan fingerprint density at radius 1 is 1.10 bits per heavy atom. The number of likely N-dealkylation sites (tertiary alicyclic amines) is 1. The quantitative estimate of drug-likeness (QED) is 0.207. The molecular formula is C20H23F2IN4O2. The van der Waals surface area contributed by atoms with E-state index in [0.29, 0.717) is 18.1 Å². The topological polar surface area (TPSA) is 73.8 Å². The van der Waals surface area contributed by atoms with E-state index in [4.69, 9.17) is 0 Å². The van der Waals surface area contributed by atoms with Gasteiger partial charge in [0, 0.05) is 26.7 Å². The summed E-state index contributed by atoms with van der Waals surface area (Å²) in [6.07, 6.45) is 5.06. The molecule has 1 saturated heterocycles. The van der Waals surface area contributed by atoms with Crippen molar-refractivity contribution in [2.45, 2.75) is 13.0 Å². The van der Waals surface area contributed by atoms with Crippen molar-refractivity contribution >= 4 is 41.8 Å². The second-order valence-corrected chi connectivity index (χ2v) is 7.43. The summed E-state index contributed by atoms with van der Waals surface area (Å²) in [4.78, 5) is 30.7. The third kappa shape index (κ3) is 4.01. The number of hydrogen-bond donors (Lipinski definition) is 2. The fourth-order valence-electron chi connectivity index (χ4n) is 4.53. The van der Waals surface area contributed by atoms with Crippen molar-refractivity contribution < 1.29 is 18.4 Å². The molecular weight excluding hydrogens is 493 g/mol. The number of nitrogens with one attached hydrogen (secondary N) is 2. The molecule has 2 bridgehead atoms. The monoisotopic (exact) mass is 516 g/mol. The molecule has 2 N–H and O–H groups in total. The summed E-state index contributed by atoms with van der Waals surface area (Å²) in [5.74, 6) is -1.45. The third-order valence-corrected chi connectivity index (χ3v) is 5.86. The highest BCUT2D eigenvalue weighted by atomic mass is 127. The van der Waals surface area contributed by atoms with Crippen molar-refractivity contribution in [1.29, 1.82) is 0 Å². The minimum atomic E-state index is -0.901. The summed E-state index contributed by atoms with van der Waals surface area (Å²) in [6.45, 7) is 0.894. The Hall–Kier alpha value is -2.04. The lowest BCUT2D eigenvalue weighted by Gasteiger charge is -2.18. The van der Waals surface area contributed by atoms with E-state index in [1.807, 2.05) is 0 Å². The van der Waals surface area contributed by atoms with Crippen LogP contribution in [0.3, 0.4) is 0 Å². The number of carbonyl (C=O) groups excluding carboxylic acids is 2. The van der Waals surface area contributed by atoms with E-state index < -0.39 is 11.6 Å². The maximum absolute atomic E-state index is 13.3. The van der Waals surface area contributed by atoms with Crippen LogP contribution in [-0.2, 0) is 16.1 Å². The minimum Gasteiger partial charge on any atom is -0.355 e. The molecule has 1 saturated carbocycles. The van der Waals surface area contributed by atoms with Crippen LogP contribution in [-0.4, -0.2) is 42.8 Å². The highest BCUT2D eigenvalue weighted by Crippen LogP contribution is 2.52. The van der Waals surface area contributed by atoms with Gasteiger partial charge in [0.1, 0.15) is 0 Å². The fraction of sp³-hybridized carbons (Fsp3) is 0.450. The summed E-state index contributed by atoms with van der Waals surface area (Å²) in [7, 11) is 1.58. The van der Waals surface area contributed by atoms with Crippen LogP contribution < -0.4 is 10.6 Å². The summed E-state index contributed by atoms with van der Waals surface area (Å²) >= 11 is 0. The second-order valence-electron chi connectivity index (χ2n) is 7.43. The Kier molecular flexibility index (Phi) is 6.55. The van der Waals surface area contributed by atoms with Crippen LogP contribution in [0.15, 0.2) is 35.3 Å². The minimum absolute atomic E-state index is 0. The average molecular weight is 516 g/mol. The molecule has 1 aliphatic heterocycles. The number of aliphatic imine (C=N–C) groups is 1. The van der Waals surface area contributed by atoms with Gasteiger partial charge in [0.15, 0.2) is 17.6 Å². The molecule has 1 heterocycles. The van der Waals surface area contributed by atoms with Crippen LogP contribution in [0.2, 0.25) is 0 Å². The number of halogens is 3. The lowest BCUT2D eigenvalue weighted by Crippen LogP contribution is -2.43. The molecule has 9 heteroatoms. The highest BCUT2D eigenvalue weighted by molar-refractivity contribution is 14.0. The number of rotatable bonds is 5. The van der Waals surface area contributed by atoms with Crippen LogP contribution in [0.5, 0.6) is 0 Å². The lowest BCUT2D eigenvalue weighted by molar-refractivity contribution is -0.140. The number of hydrogen-bond acceptors (Lipinski definition) is 3. The van der Waals surface area contributed by atoms with Gasteiger partial charge in [0.2, 0.25) is 11.8 Å². The normalized spacial score (nSPS) is 27.3. The number of amides is 2. The van der Waals surface area contributed by atoms with Gasteiger partial charge in [0.05, 0.1) is 11.8 Å². The number of guanidine groups is 1. The van der Waals surface area contributed by atoms with E-state index in [1.54, 1.807) is 7.05 Å². The van der Waals surface area contributed by atoms with Crippen LogP contribution >= 0.6 is 24.0 Å². The third-order valence-electron chi connectivity index (χ3n) is 5.86. The Balaban J connectivity index is 0.00000240. The second kappa shape index (κ2) is 8.76. The van der Waals surface area contributed by atoms with Crippen molar-refractivity contribution in [2.75, 3.05) is 20.1 Å². The highest BCUT2D eigenvalue weighted by Gasteiger charge is 2.58. The molecule has 0 radical (unpaired) electrons. The number of nitrogens with zero attached hydrogens (tertiary/aromatic N) is 2. The Morgan fingerprint density at radius 2 is 1.76 bits per heavy atom. The molecule has 4 atom stereocenters. The van der Waals surface area contributed by atoms with Gasteiger partial charge in [-0.05, 0) is 36.0 Å². The summed E-state index contributed by atoms with van der Waals surface area (Å²) < 4.78 is 26.3. The molecule has 2 aliphatic carbocycles. The molecule has 2 amide bonds. The van der Waals surface area contributed by atoms with Gasteiger partial charge in [-0.1, -0.05) is 18.2 Å². The molecule has 156 valence electrons. The predicted molar refractivity (Wildman–Crippen MR) is 114 cm³/mol. The number of carbonyl (C=O) groups is 2. The van der Waals surface area contributed by atoms with Crippen LogP contribution in [0, 0.1) is 35.3 Å². The standard InChI is InChI=1S/C20H22F2N4O2.HI/c1-23-20(25-10-11-2-5-14(21)15(22)8-11)24-6-7-26-18(27)16-12-3-4-13(9-12)17(16)19(26)28;/h2-5,8,12-13,16-17H,6-7,9-10H2,1H3,(H2,23,24,25);1H. The van der Waals surface area contributed by atoms with Crippen LogP contribution in [0.4, 0.5) is 8.78 Å². The van der Waals surface area contributed by atoms with Crippen molar-refractivity contribution in [3.05, 3.63) is 47.5 Å². The average Bonchev–Trinajstić information content (AvgIpc) is 3.36. The van der Waals surface area contributed by atoms with E-state index in [2.05, 4.69) is 27.8 Å². The van der Waals surface area contributed by atoms with Gasteiger partial charge in [-0.25, -0.2) is 8.78 Å². The zero-order valence-corrected chi connectivity index (χ0v) is 18.2. The smallest absolute Gasteiger partial charge is 0.233 e. The maximum Gasteiger partial charge on any atom is 0.233 e. The summed E-state index contributed by atoms with van der Waals surface area (Å²) in [6, 6.07) is 3.69.